The van der Waals surface area contributed by atoms with Gasteiger partial charge in [-0.05, 0) is 60.9 Å². The van der Waals surface area contributed by atoms with Crippen LogP contribution >= 0.6 is 0 Å². The topological polar surface area (TPSA) is 41.9 Å². The van der Waals surface area contributed by atoms with Crippen molar-refractivity contribution in [2.45, 2.75) is 91.4 Å². The molecule has 0 saturated heterocycles. The molecule has 0 radical (unpaired) electrons. The maximum Gasteiger partial charge on any atom is 0.367 e. The normalized spacial score (nSPS) is 17.8. The highest BCUT2D eigenvalue weighted by atomic mass is 16.7. The number of fused-ring (bicyclic) bond motifs is 1. The maximum atomic E-state index is 12.2. The molecule has 31 heavy (non-hydrogen) atoms. The molecule has 0 fully saturated rings. The molecule has 170 valence electrons. The summed E-state index contributed by atoms with van der Waals surface area (Å²) in [6, 6.07) is 6.63. The molecule has 1 unspecified atom stereocenters. The molecule has 4 heteroatoms. The smallest absolute Gasteiger partial charge is 0.367 e. The van der Waals surface area contributed by atoms with Gasteiger partial charge in [0.2, 0.25) is 0 Å². The summed E-state index contributed by atoms with van der Waals surface area (Å²) in [6.45, 7) is 9.07. The second-order valence-electron chi connectivity index (χ2n) is 9.14. The Labute approximate surface area is 188 Å². The standard InChI is InChI=1S/C27H40N2O2/c1-4-7-9-11-13-25-24(27(30)31-28-25)19-22-14-15-26-23(18-22)16-17-29(26)20-21(6-3)12-10-8-5-2/h14-15,18-19,21H,4-13,16-17,20H2,1-3H3. The minimum atomic E-state index is -0.314. The van der Waals surface area contributed by atoms with Gasteiger partial charge in [-0.2, -0.15) is 0 Å². The second kappa shape index (κ2) is 12.1. The molecule has 0 spiro atoms. The minimum absolute atomic E-state index is 0.314. The third kappa shape index (κ3) is 6.44. The van der Waals surface area contributed by atoms with Crippen molar-refractivity contribution in [3.8, 4) is 0 Å². The molecule has 1 aromatic rings. The van der Waals surface area contributed by atoms with Crippen LogP contribution in [0.2, 0.25) is 0 Å². The Morgan fingerprint density at radius 1 is 1.10 bits per heavy atom. The van der Waals surface area contributed by atoms with E-state index < -0.39 is 0 Å². The van der Waals surface area contributed by atoms with Crippen molar-refractivity contribution in [1.29, 1.82) is 0 Å². The van der Waals surface area contributed by atoms with E-state index in [4.69, 9.17) is 4.84 Å². The van der Waals surface area contributed by atoms with E-state index in [9.17, 15) is 4.79 Å². The molecule has 0 saturated carbocycles. The van der Waals surface area contributed by atoms with Crippen LogP contribution < -0.4 is 4.90 Å². The minimum Gasteiger partial charge on any atom is -0.371 e. The predicted octanol–water partition coefficient (Wildman–Crippen LogP) is 6.92. The highest BCUT2D eigenvalue weighted by Gasteiger charge is 2.26. The van der Waals surface area contributed by atoms with Crippen LogP contribution in [0.1, 0.15) is 96.1 Å². The predicted molar refractivity (Wildman–Crippen MR) is 131 cm³/mol. The molecule has 2 heterocycles. The van der Waals surface area contributed by atoms with Crippen LogP contribution in [-0.4, -0.2) is 24.8 Å². The number of carbonyl (C=O) groups excluding carboxylic acids is 1. The molecule has 0 aliphatic carbocycles. The van der Waals surface area contributed by atoms with Gasteiger partial charge in [-0.15, -0.1) is 0 Å². The van der Waals surface area contributed by atoms with E-state index in [1.54, 1.807) is 0 Å². The Morgan fingerprint density at radius 3 is 2.68 bits per heavy atom. The Bertz CT molecular complexity index is 796. The summed E-state index contributed by atoms with van der Waals surface area (Å²) < 4.78 is 0. The molecule has 3 rings (SSSR count). The SMILES string of the molecule is CCCCCCC1=NOC(=O)C1=Cc1ccc2c(c1)CCN2CC(CC)CCCCC. The molecule has 0 bridgehead atoms. The van der Waals surface area contributed by atoms with Crippen molar-refractivity contribution in [1.82, 2.24) is 0 Å². The Hall–Kier alpha value is -2.10. The lowest BCUT2D eigenvalue weighted by atomic mass is 9.98. The lowest BCUT2D eigenvalue weighted by Crippen LogP contribution is -2.27. The number of hydrogen-bond acceptors (Lipinski definition) is 4. The third-order valence-electron chi connectivity index (χ3n) is 6.71. The highest BCUT2D eigenvalue weighted by molar-refractivity contribution is 6.25. The highest BCUT2D eigenvalue weighted by Crippen LogP contribution is 2.32. The fourth-order valence-electron chi connectivity index (χ4n) is 4.71. The van der Waals surface area contributed by atoms with Crippen molar-refractivity contribution < 1.29 is 9.63 Å². The van der Waals surface area contributed by atoms with E-state index in [0.29, 0.717) is 5.57 Å². The first-order valence-corrected chi connectivity index (χ1v) is 12.5. The zero-order valence-electron chi connectivity index (χ0n) is 19.8. The van der Waals surface area contributed by atoms with Crippen LogP contribution in [0.4, 0.5) is 5.69 Å². The molecule has 2 aliphatic rings. The number of rotatable bonds is 13. The molecule has 1 aromatic carbocycles. The number of carbonyl (C=O) groups is 1. The van der Waals surface area contributed by atoms with Crippen LogP contribution in [0.3, 0.4) is 0 Å². The quantitative estimate of drug-likeness (QED) is 0.196. The van der Waals surface area contributed by atoms with Crippen molar-refractivity contribution in [2.24, 2.45) is 11.1 Å². The van der Waals surface area contributed by atoms with Gasteiger partial charge in [-0.3, -0.25) is 0 Å². The first kappa shape index (κ1) is 23.6. The summed E-state index contributed by atoms with van der Waals surface area (Å²) in [5.41, 5.74) is 5.28. The Kier molecular flexibility index (Phi) is 9.17. The van der Waals surface area contributed by atoms with E-state index in [1.165, 1.54) is 62.6 Å². The molecular weight excluding hydrogens is 384 g/mol. The van der Waals surface area contributed by atoms with Gasteiger partial charge in [0, 0.05) is 18.8 Å². The van der Waals surface area contributed by atoms with Crippen molar-refractivity contribution in [3.63, 3.8) is 0 Å². The number of oxime groups is 1. The van der Waals surface area contributed by atoms with Crippen LogP contribution in [0.15, 0.2) is 28.9 Å². The maximum absolute atomic E-state index is 12.2. The van der Waals surface area contributed by atoms with Gasteiger partial charge in [0.05, 0.1) is 11.3 Å². The summed E-state index contributed by atoms with van der Waals surface area (Å²) >= 11 is 0. The average molecular weight is 425 g/mol. The fraction of sp³-hybridized carbons (Fsp3) is 0.630. The second-order valence-corrected chi connectivity index (χ2v) is 9.14. The monoisotopic (exact) mass is 424 g/mol. The first-order chi connectivity index (χ1) is 15.2. The molecule has 1 atom stereocenters. The zero-order valence-corrected chi connectivity index (χ0v) is 19.8. The van der Waals surface area contributed by atoms with Crippen LogP contribution in [0.25, 0.3) is 6.08 Å². The Balaban J connectivity index is 1.65. The summed E-state index contributed by atoms with van der Waals surface area (Å²) in [5.74, 6) is 0.463. The van der Waals surface area contributed by atoms with E-state index >= 15 is 0 Å². The molecule has 0 amide bonds. The summed E-state index contributed by atoms with van der Waals surface area (Å²) in [7, 11) is 0. The average Bonchev–Trinajstić information content (AvgIpc) is 3.34. The number of hydrogen-bond donors (Lipinski definition) is 0. The van der Waals surface area contributed by atoms with Crippen LogP contribution in [-0.2, 0) is 16.1 Å². The zero-order chi connectivity index (χ0) is 22.1. The lowest BCUT2D eigenvalue weighted by Gasteiger charge is -2.25. The van der Waals surface area contributed by atoms with Gasteiger partial charge < -0.3 is 9.74 Å². The van der Waals surface area contributed by atoms with E-state index in [0.717, 1.165) is 49.5 Å². The summed E-state index contributed by atoms with van der Waals surface area (Å²) in [5, 5.41) is 4.04. The van der Waals surface area contributed by atoms with Crippen molar-refractivity contribution in [2.75, 3.05) is 18.0 Å². The molecule has 2 aliphatic heterocycles. The molecular formula is C27H40N2O2. The van der Waals surface area contributed by atoms with E-state index in [-0.39, 0.29) is 5.97 Å². The van der Waals surface area contributed by atoms with E-state index in [1.807, 2.05) is 6.08 Å². The Morgan fingerprint density at radius 2 is 1.90 bits per heavy atom. The number of benzene rings is 1. The van der Waals surface area contributed by atoms with Gasteiger partial charge in [-0.1, -0.05) is 76.9 Å². The van der Waals surface area contributed by atoms with E-state index in [2.05, 4.69) is 49.0 Å². The third-order valence-corrected chi connectivity index (χ3v) is 6.71. The number of nitrogens with zero attached hydrogens (tertiary/aromatic N) is 2. The number of unbranched alkanes of at least 4 members (excludes halogenated alkanes) is 5. The number of anilines is 1. The molecule has 4 nitrogen and oxygen atoms in total. The van der Waals surface area contributed by atoms with Gasteiger partial charge in [0.15, 0.2) is 0 Å². The lowest BCUT2D eigenvalue weighted by molar-refractivity contribution is -0.136. The van der Waals surface area contributed by atoms with Gasteiger partial charge in [0.25, 0.3) is 0 Å². The first-order valence-electron chi connectivity index (χ1n) is 12.5. The van der Waals surface area contributed by atoms with Crippen LogP contribution in [0, 0.1) is 5.92 Å². The summed E-state index contributed by atoms with van der Waals surface area (Å²) in [6.07, 6.45) is 15.1. The fourth-order valence-corrected chi connectivity index (χ4v) is 4.71. The van der Waals surface area contributed by atoms with Gasteiger partial charge >= 0.3 is 5.97 Å². The van der Waals surface area contributed by atoms with Gasteiger partial charge in [0.1, 0.15) is 0 Å². The molecule has 0 N–H and O–H groups in total. The van der Waals surface area contributed by atoms with Crippen LogP contribution in [0.5, 0.6) is 0 Å². The van der Waals surface area contributed by atoms with Crippen molar-refractivity contribution >= 4 is 23.4 Å². The van der Waals surface area contributed by atoms with Crippen molar-refractivity contribution in [3.05, 3.63) is 34.9 Å². The summed E-state index contributed by atoms with van der Waals surface area (Å²) in [4.78, 5) is 19.8. The largest absolute Gasteiger partial charge is 0.371 e. The van der Waals surface area contributed by atoms with Gasteiger partial charge in [-0.25, -0.2) is 4.79 Å². The molecule has 0 aromatic heterocycles.